The molecular formula is C16H24ClFN2. The Kier molecular flexibility index (Phi) is 5.82. The Morgan fingerprint density at radius 3 is 2.95 bits per heavy atom. The molecule has 2 rings (SSSR count). The lowest BCUT2D eigenvalue weighted by atomic mass is 10.1. The Bertz CT molecular complexity index is 438. The van der Waals surface area contributed by atoms with E-state index in [-0.39, 0.29) is 10.8 Å². The molecule has 0 radical (unpaired) electrons. The predicted octanol–water partition coefficient (Wildman–Crippen LogP) is 3.83. The summed E-state index contributed by atoms with van der Waals surface area (Å²) >= 11 is 5.74. The molecule has 1 aliphatic heterocycles. The van der Waals surface area contributed by atoms with Crippen LogP contribution >= 0.6 is 11.6 Å². The van der Waals surface area contributed by atoms with Crippen molar-refractivity contribution in [3.63, 3.8) is 0 Å². The van der Waals surface area contributed by atoms with E-state index in [0.29, 0.717) is 12.1 Å². The van der Waals surface area contributed by atoms with Crippen LogP contribution in [0.1, 0.15) is 38.7 Å². The summed E-state index contributed by atoms with van der Waals surface area (Å²) in [5.74, 6) is -0.324. The first-order valence-corrected chi connectivity index (χ1v) is 7.89. The van der Waals surface area contributed by atoms with Crippen LogP contribution in [0.25, 0.3) is 0 Å². The number of hydrogen-bond acceptors (Lipinski definition) is 2. The largest absolute Gasteiger partial charge is 0.313 e. The lowest BCUT2D eigenvalue weighted by molar-refractivity contribution is 0.193. The van der Waals surface area contributed by atoms with Crippen LogP contribution in [0.2, 0.25) is 5.02 Å². The molecule has 0 spiro atoms. The molecule has 0 aromatic heterocycles. The zero-order valence-corrected chi connectivity index (χ0v) is 13.1. The summed E-state index contributed by atoms with van der Waals surface area (Å²) in [6.45, 7) is 7.35. The monoisotopic (exact) mass is 298 g/mol. The van der Waals surface area contributed by atoms with Gasteiger partial charge >= 0.3 is 0 Å². The lowest BCUT2D eigenvalue weighted by Crippen LogP contribution is -2.39. The Morgan fingerprint density at radius 2 is 2.25 bits per heavy atom. The van der Waals surface area contributed by atoms with Crippen molar-refractivity contribution in [1.29, 1.82) is 0 Å². The highest BCUT2D eigenvalue weighted by Gasteiger charge is 2.22. The van der Waals surface area contributed by atoms with Crippen LogP contribution in [0, 0.1) is 5.82 Å². The molecule has 1 saturated heterocycles. The third-order valence-electron chi connectivity index (χ3n) is 4.08. The van der Waals surface area contributed by atoms with E-state index in [2.05, 4.69) is 24.1 Å². The van der Waals surface area contributed by atoms with Crippen molar-refractivity contribution in [2.24, 2.45) is 0 Å². The van der Waals surface area contributed by atoms with Gasteiger partial charge in [-0.1, -0.05) is 31.0 Å². The van der Waals surface area contributed by atoms with E-state index < -0.39 is 0 Å². The summed E-state index contributed by atoms with van der Waals surface area (Å²) in [6, 6.07) is 6.19. The van der Waals surface area contributed by atoms with Gasteiger partial charge in [-0.15, -0.1) is 0 Å². The molecule has 1 N–H and O–H groups in total. The molecule has 4 heteroatoms. The molecule has 112 valence electrons. The van der Waals surface area contributed by atoms with Crippen LogP contribution in [0.4, 0.5) is 4.39 Å². The minimum Gasteiger partial charge on any atom is -0.313 e. The molecule has 2 atom stereocenters. The van der Waals surface area contributed by atoms with Crippen molar-refractivity contribution in [2.45, 2.75) is 51.7 Å². The van der Waals surface area contributed by atoms with E-state index in [1.54, 1.807) is 12.1 Å². The fourth-order valence-corrected chi connectivity index (χ4v) is 2.96. The normalized spacial score (nSPS) is 24.6. The summed E-state index contributed by atoms with van der Waals surface area (Å²) in [5, 5.41) is 3.81. The average molecular weight is 299 g/mol. The number of rotatable bonds is 4. The molecular weight excluding hydrogens is 275 g/mol. The van der Waals surface area contributed by atoms with Crippen LogP contribution in [0.5, 0.6) is 0 Å². The van der Waals surface area contributed by atoms with Gasteiger partial charge in [0.1, 0.15) is 5.82 Å². The van der Waals surface area contributed by atoms with Crippen molar-refractivity contribution >= 4 is 11.6 Å². The summed E-state index contributed by atoms with van der Waals surface area (Å²) in [4.78, 5) is 2.45. The van der Waals surface area contributed by atoms with Gasteiger partial charge in [-0.05, 0) is 44.0 Å². The molecule has 0 bridgehead atoms. The topological polar surface area (TPSA) is 15.3 Å². The zero-order chi connectivity index (χ0) is 14.5. The third kappa shape index (κ3) is 4.18. The minimum absolute atomic E-state index is 0.197. The lowest BCUT2D eigenvalue weighted by Gasteiger charge is -2.29. The van der Waals surface area contributed by atoms with E-state index in [1.807, 2.05) is 6.07 Å². The van der Waals surface area contributed by atoms with Gasteiger partial charge in [-0.25, -0.2) is 4.39 Å². The Morgan fingerprint density at radius 1 is 1.45 bits per heavy atom. The van der Waals surface area contributed by atoms with E-state index in [9.17, 15) is 4.39 Å². The van der Waals surface area contributed by atoms with Gasteiger partial charge in [0, 0.05) is 25.2 Å². The predicted molar refractivity (Wildman–Crippen MR) is 82.6 cm³/mol. The summed E-state index contributed by atoms with van der Waals surface area (Å²) in [7, 11) is 0. The maximum atomic E-state index is 13.5. The quantitative estimate of drug-likeness (QED) is 0.909. The molecule has 1 aliphatic rings. The fraction of sp³-hybridized carbons (Fsp3) is 0.625. The molecule has 1 aromatic carbocycles. The Balaban J connectivity index is 2.05. The molecule has 2 unspecified atom stereocenters. The zero-order valence-electron chi connectivity index (χ0n) is 12.3. The molecule has 0 aliphatic carbocycles. The molecule has 20 heavy (non-hydrogen) atoms. The fourth-order valence-electron chi connectivity index (χ4n) is 2.84. The number of nitrogens with one attached hydrogen (secondary N) is 1. The highest BCUT2D eigenvalue weighted by molar-refractivity contribution is 6.30. The first-order chi connectivity index (χ1) is 9.60. The molecule has 1 heterocycles. The maximum absolute atomic E-state index is 13.5. The van der Waals surface area contributed by atoms with Gasteiger partial charge in [0.2, 0.25) is 0 Å². The summed E-state index contributed by atoms with van der Waals surface area (Å²) in [6.07, 6.45) is 3.52. The first kappa shape index (κ1) is 15.7. The van der Waals surface area contributed by atoms with Gasteiger partial charge in [-0.2, -0.15) is 0 Å². The maximum Gasteiger partial charge on any atom is 0.142 e. The summed E-state index contributed by atoms with van der Waals surface area (Å²) < 4.78 is 13.5. The second kappa shape index (κ2) is 7.39. The molecule has 1 aromatic rings. The molecule has 1 fully saturated rings. The van der Waals surface area contributed by atoms with Gasteiger partial charge in [-0.3, -0.25) is 4.90 Å². The molecule has 2 nitrogen and oxygen atoms in total. The van der Waals surface area contributed by atoms with Crippen LogP contribution in [0.15, 0.2) is 18.2 Å². The van der Waals surface area contributed by atoms with Gasteiger partial charge in [0.25, 0.3) is 0 Å². The summed E-state index contributed by atoms with van der Waals surface area (Å²) in [5.41, 5.74) is 0.996. The van der Waals surface area contributed by atoms with Crippen molar-refractivity contribution in [3.8, 4) is 0 Å². The van der Waals surface area contributed by atoms with Gasteiger partial charge < -0.3 is 5.32 Å². The van der Waals surface area contributed by atoms with Gasteiger partial charge in [0.15, 0.2) is 0 Å². The van der Waals surface area contributed by atoms with Crippen molar-refractivity contribution < 1.29 is 4.39 Å². The van der Waals surface area contributed by atoms with Crippen LogP contribution in [-0.2, 0) is 6.54 Å². The first-order valence-electron chi connectivity index (χ1n) is 7.51. The van der Waals surface area contributed by atoms with Gasteiger partial charge in [0.05, 0.1) is 5.02 Å². The number of hydrogen-bond donors (Lipinski definition) is 1. The molecule has 0 saturated carbocycles. The minimum atomic E-state index is -0.324. The van der Waals surface area contributed by atoms with Crippen LogP contribution < -0.4 is 5.32 Å². The van der Waals surface area contributed by atoms with Crippen molar-refractivity contribution in [1.82, 2.24) is 10.2 Å². The average Bonchev–Trinajstić information content (AvgIpc) is 2.57. The number of halogens is 2. The van der Waals surface area contributed by atoms with E-state index >= 15 is 0 Å². The smallest absolute Gasteiger partial charge is 0.142 e. The second-order valence-corrected chi connectivity index (χ2v) is 6.16. The second-order valence-electron chi connectivity index (χ2n) is 5.76. The van der Waals surface area contributed by atoms with E-state index in [4.69, 9.17) is 11.6 Å². The Hall–Kier alpha value is -0.640. The highest BCUT2D eigenvalue weighted by Crippen LogP contribution is 2.19. The standard InChI is InChI=1S/C16H24ClFN2/c1-3-4-14-11-20(12(2)7-8-19-14)10-13-5-6-15(17)16(18)9-13/h5-6,9,12,14,19H,3-4,7-8,10-11H2,1-2H3. The van der Waals surface area contributed by atoms with Crippen molar-refractivity contribution in [3.05, 3.63) is 34.6 Å². The SMILES string of the molecule is CCCC1CN(Cc2ccc(Cl)c(F)c2)C(C)CCN1. The molecule has 0 amide bonds. The number of nitrogens with zero attached hydrogens (tertiary/aromatic N) is 1. The van der Waals surface area contributed by atoms with Crippen molar-refractivity contribution in [2.75, 3.05) is 13.1 Å². The Labute approximate surface area is 126 Å². The van der Waals surface area contributed by atoms with Crippen LogP contribution in [0.3, 0.4) is 0 Å². The van der Waals surface area contributed by atoms with E-state index in [1.165, 1.54) is 12.8 Å². The highest BCUT2D eigenvalue weighted by atomic mass is 35.5. The third-order valence-corrected chi connectivity index (χ3v) is 4.39. The number of benzene rings is 1. The van der Waals surface area contributed by atoms with E-state index in [0.717, 1.165) is 31.6 Å². The van der Waals surface area contributed by atoms with Crippen LogP contribution in [-0.4, -0.2) is 30.1 Å².